The van der Waals surface area contributed by atoms with Crippen molar-refractivity contribution in [3.63, 3.8) is 0 Å². The maximum absolute atomic E-state index is 12.6. The van der Waals surface area contributed by atoms with Crippen LogP contribution in [0, 0.1) is 6.92 Å². The van der Waals surface area contributed by atoms with Gasteiger partial charge in [0.1, 0.15) is 11.4 Å². The molecule has 0 bridgehead atoms. The van der Waals surface area contributed by atoms with E-state index in [0.717, 1.165) is 11.3 Å². The molecule has 3 rings (SSSR count). The van der Waals surface area contributed by atoms with E-state index in [-0.39, 0.29) is 29.1 Å². The summed E-state index contributed by atoms with van der Waals surface area (Å²) in [5.41, 5.74) is 2.58. The second kappa shape index (κ2) is 7.56. The van der Waals surface area contributed by atoms with Crippen molar-refractivity contribution < 1.29 is 17.9 Å². The smallest absolute Gasteiger partial charge is 0.274 e. The molecule has 0 aliphatic carbocycles. The second-order valence-corrected chi connectivity index (χ2v) is 8.95. The quantitative estimate of drug-likeness (QED) is 0.844. The van der Waals surface area contributed by atoms with Gasteiger partial charge in [-0.3, -0.25) is 9.78 Å². The zero-order chi connectivity index (χ0) is 19.6. The predicted molar refractivity (Wildman–Crippen MR) is 105 cm³/mol. The third-order valence-corrected chi connectivity index (χ3v) is 6.49. The van der Waals surface area contributed by atoms with E-state index >= 15 is 0 Å². The van der Waals surface area contributed by atoms with Crippen LogP contribution >= 0.6 is 0 Å². The number of benzene rings is 1. The number of carbonyl (C=O) groups is 1. The Kier molecular flexibility index (Phi) is 5.36. The van der Waals surface area contributed by atoms with Crippen LogP contribution in [0.15, 0.2) is 36.5 Å². The van der Waals surface area contributed by atoms with Gasteiger partial charge in [0.05, 0.1) is 24.3 Å². The molecule has 2 aromatic rings. The van der Waals surface area contributed by atoms with Crippen LogP contribution in [0.1, 0.15) is 22.5 Å². The molecule has 1 saturated heterocycles. The van der Waals surface area contributed by atoms with Gasteiger partial charge < -0.3 is 15.0 Å². The van der Waals surface area contributed by atoms with Crippen molar-refractivity contribution in [3.8, 4) is 5.75 Å². The Morgan fingerprint density at radius 1 is 1.30 bits per heavy atom. The number of hydrogen-bond acceptors (Lipinski definition) is 6. The van der Waals surface area contributed by atoms with E-state index in [1.54, 1.807) is 31.5 Å². The normalized spacial score (nSPS) is 18.1. The number of methoxy groups -OCH3 is 1. The Morgan fingerprint density at radius 2 is 2.07 bits per heavy atom. The molecule has 7 nitrogen and oxygen atoms in total. The lowest BCUT2D eigenvalue weighted by Gasteiger charge is -2.25. The highest BCUT2D eigenvalue weighted by Crippen LogP contribution is 2.27. The Labute approximate surface area is 159 Å². The van der Waals surface area contributed by atoms with E-state index in [1.165, 1.54) is 0 Å². The predicted octanol–water partition coefficient (Wildman–Crippen LogP) is 2.27. The highest BCUT2D eigenvalue weighted by molar-refractivity contribution is 7.91. The summed E-state index contributed by atoms with van der Waals surface area (Å²) < 4.78 is 28.7. The number of sulfone groups is 1. The summed E-state index contributed by atoms with van der Waals surface area (Å²) in [5, 5.41) is 2.83. The minimum absolute atomic E-state index is 0.0924. The van der Waals surface area contributed by atoms with Crippen LogP contribution in [0.2, 0.25) is 0 Å². The van der Waals surface area contributed by atoms with Crippen molar-refractivity contribution in [3.05, 3.63) is 47.8 Å². The lowest BCUT2D eigenvalue weighted by molar-refractivity contribution is 0.102. The molecule has 27 heavy (non-hydrogen) atoms. The largest absolute Gasteiger partial charge is 0.495 e. The van der Waals surface area contributed by atoms with Crippen molar-refractivity contribution in [2.75, 3.05) is 35.9 Å². The fourth-order valence-electron chi connectivity index (χ4n) is 3.16. The number of nitrogens with zero attached hydrogens (tertiary/aromatic N) is 2. The monoisotopic (exact) mass is 389 g/mol. The lowest BCUT2D eigenvalue weighted by Crippen LogP contribution is -2.32. The maximum Gasteiger partial charge on any atom is 0.274 e. The molecule has 1 aliphatic heterocycles. The van der Waals surface area contributed by atoms with Crippen molar-refractivity contribution in [1.82, 2.24) is 4.98 Å². The van der Waals surface area contributed by atoms with Crippen LogP contribution in [-0.4, -0.2) is 51.0 Å². The van der Waals surface area contributed by atoms with Crippen molar-refractivity contribution in [2.24, 2.45) is 0 Å². The van der Waals surface area contributed by atoms with E-state index in [2.05, 4.69) is 10.3 Å². The summed E-state index contributed by atoms with van der Waals surface area (Å²) in [7, 11) is 0.407. The van der Waals surface area contributed by atoms with Gasteiger partial charge in [-0.25, -0.2) is 8.42 Å². The van der Waals surface area contributed by atoms with E-state index in [9.17, 15) is 13.2 Å². The van der Waals surface area contributed by atoms with E-state index in [0.29, 0.717) is 17.9 Å². The number of anilines is 2. The number of carbonyl (C=O) groups excluding carboxylic acids is 1. The van der Waals surface area contributed by atoms with Crippen LogP contribution in [0.25, 0.3) is 0 Å². The molecule has 8 heteroatoms. The lowest BCUT2D eigenvalue weighted by atomic mass is 10.2. The first-order valence-electron chi connectivity index (χ1n) is 8.64. The van der Waals surface area contributed by atoms with Crippen LogP contribution in [0.4, 0.5) is 11.4 Å². The number of ether oxygens (including phenoxy) is 1. The molecule has 1 aromatic heterocycles. The first-order valence-corrected chi connectivity index (χ1v) is 10.5. The second-order valence-electron chi connectivity index (χ2n) is 6.72. The Balaban J connectivity index is 1.79. The first kappa shape index (κ1) is 19.2. The highest BCUT2D eigenvalue weighted by Gasteiger charge is 2.31. The molecule has 0 saturated carbocycles. The van der Waals surface area contributed by atoms with Gasteiger partial charge in [0.2, 0.25) is 0 Å². The van der Waals surface area contributed by atoms with E-state index in [4.69, 9.17) is 4.74 Å². The van der Waals surface area contributed by atoms with Crippen molar-refractivity contribution in [1.29, 1.82) is 0 Å². The zero-order valence-electron chi connectivity index (χ0n) is 15.6. The van der Waals surface area contributed by atoms with Gasteiger partial charge in [0.15, 0.2) is 9.84 Å². The minimum Gasteiger partial charge on any atom is -0.495 e. The Bertz CT molecular complexity index is 959. The van der Waals surface area contributed by atoms with Gasteiger partial charge in [0.25, 0.3) is 5.91 Å². The van der Waals surface area contributed by atoms with Gasteiger partial charge in [-0.2, -0.15) is 0 Å². The van der Waals surface area contributed by atoms with Crippen molar-refractivity contribution >= 4 is 27.1 Å². The zero-order valence-corrected chi connectivity index (χ0v) is 16.4. The average Bonchev–Trinajstić information content (AvgIpc) is 3.01. The summed E-state index contributed by atoms with van der Waals surface area (Å²) in [6, 6.07) is 8.87. The summed E-state index contributed by atoms with van der Waals surface area (Å²) in [6.45, 7) is 1.93. The number of pyridine rings is 1. The standard InChI is InChI=1S/C19H23N3O4S/c1-13-4-5-18(26-3)16(10-13)21-19(23)17-11-14(6-8-20-17)22(2)15-7-9-27(24,25)12-15/h4-6,8,10-11,15H,7,9,12H2,1-3H3,(H,21,23). The molecule has 1 amide bonds. The molecule has 1 atom stereocenters. The molecule has 144 valence electrons. The van der Waals surface area contributed by atoms with Crippen molar-refractivity contribution in [2.45, 2.75) is 19.4 Å². The van der Waals surface area contributed by atoms with Gasteiger partial charge >= 0.3 is 0 Å². The molecule has 0 spiro atoms. The van der Waals surface area contributed by atoms with Crippen LogP contribution in [-0.2, 0) is 9.84 Å². The fraction of sp³-hybridized carbons (Fsp3) is 0.368. The van der Waals surface area contributed by atoms with Gasteiger partial charge in [-0.05, 0) is 43.2 Å². The molecular weight excluding hydrogens is 366 g/mol. The summed E-state index contributed by atoms with van der Waals surface area (Å²) in [6.07, 6.45) is 2.14. The van der Waals surface area contributed by atoms with Crippen LogP contribution < -0.4 is 15.0 Å². The van der Waals surface area contributed by atoms with Crippen LogP contribution in [0.5, 0.6) is 5.75 Å². The number of nitrogens with one attached hydrogen (secondary N) is 1. The first-order chi connectivity index (χ1) is 12.8. The summed E-state index contributed by atoms with van der Waals surface area (Å²) in [5.74, 6) is 0.549. The molecule has 1 fully saturated rings. The minimum atomic E-state index is -2.98. The maximum atomic E-state index is 12.6. The number of hydrogen-bond donors (Lipinski definition) is 1. The molecule has 1 aliphatic rings. The molecule has 0 radical (unpaired) electrons. The van der Waals surface area contributed by atoms with Crippen LogP contribution in [0.3, 0.4) is 0 Å². The van der Waals surface area contributed by atoms with E-state index < -0.39 is 9.84 Å². The fourth-order valence-corrected chi connectivity index (χ4v) is 4.93. The number of rotatable bonds is 5. The topological polar surface area (TPSA) is 88.6 Å². The molecule has 1 aromatic carbocycles. The number of aryl methyl sites for hydroxylation is 1. The number of amides is 1. The molecule has 2 heterocycles. The van der Waals surface area contributed by atoms with Gasteiger partial charge in [0, 0.05) is 25.0 Å². The molecule has 1 N–H and O–H groups in total. The number of aromatic nitrogens is 1. The average molecular weight is 389 g/mol. The summed E-state index contributed by atoms with van der Waals surface area (Å²) in [4.78, 5) is 18.7. The molecular formula is C19H23N3O4S. The summed E-state index contributed by atoms with van der Waals surface area (Å²) >= 11 is 0. The highest BCUT2D eigenvalue weighted by atomic mass is 32.2. The third-order valence-electron chi connectivity index (χ3n) is 4.74. The Morgan fingerprint density at radius 3 is 2.74 bits per heavy atom. The Hall–Kier alpha value is -2.61. The van der Waals surface area contributed by atoms with Gasteiger partial charge in [-0.1, -0.05) is 6.07 Å². The van der Waals surface area contributed by atoms with Gasteiger partial charge in [-0.15, -0.1) is 0 Å². The SMILES string of the molecule is COc1ccc(C)cc1NC(=O)c1cc(N(C)C2CCS(=O)(=O)C2)ccn1. The third kappa shape index (κ3) is 4.39. The van der Waals surface area contributed by atoms with E-state index in [1.807, 2.05) is 31.0 Å². The molecule has 1 unspecified atom stereocenters.